The molecule has 3 aliphatic rings. The fraction of sp³-hybridized carbons (Fsp3) is 1.00. The summed E-state index contributed by atoms with van der Waals surface area (Å²) in [5, 5.41) is 18.1. The van der Waals surface area contributed by atoms with Crippen molar-refractivity contribution in [2.75, 3.05) is 19.7 Å². The number of nitrogens with zero attached hydrogens (tertiary/aromatic N) is 3. The van der Waals surface area contributed by atoms with Gasteiger partial charge in [0.15, 0.2) is 5.66 Å². The van der Waals surface area contributed by atoms with Crippen LogP contribution in [0.15, 0.2) is 10.2 Å². The van der Waals surface area contributed by atoms with E-state index >= 15 is 0 Å². The Bertz CT molecular complexity index is 299. The van der Waals surface area contributed by atoms with E-state index in [0.29, 0.717) is 18.6 Å². The van der Waals surface area contributed by atoms with Crippen molar-refractivity contribution >= 4 is 0 Å². The average molecular weight is 237 g/mol. The minimum absolute atomic E-state index is 0.000897. The van der Waals surface area contributed by atoms with Crippen LogP contribution in [0.3, 0.4) is 0 Å². The third-order valence-electron chi connectivity index (χ3n) is 4.77. The summed E-state index contributed by atoms with van der Waals surface area (Å²) in [4.78, 5) is 2.47. The van der Waals surface area contributed by atoms with Crippen LogP contribution in [-0.2, 0) is 0 Å². The molecule has 4 nitrogen and oxygen atoms in total. The van der Waals surface area contributed by atoms with Gasteiger partial charge in [0.1, 0.15) is 0 Å². The van der Waals surface area contributed by atoms with Crippen molar-refractivity contribution < 1.29 is 5.11 Å². The first-order valence-electron chi connectivity index (χ1n) is 7.13. The highest BCUT2D eigenvalue weighted by molar-refractivity contribution is 5.02. The normalized spacial score (nSPS) is 36.3. The summed E-state index contributed by atoms with van der Waals surface area (Å²) in [6.45, 7) is 2.56. The van der Waals surface area contributed by atoms with E-state index in [4.69, 9.17) is 0 Å². The lowest BCUT2D eigenvalue weighted by atomic mass is 9.90. The van der Waals surface area contributed by atoms with E-state index in [1.807, 2.05) is 0 Å². The maximum absolute atomic E-state index is 9.38. The highest BCUT2D eigenvalue weighted by Crippen LogP contribution is 2.46. The van der Waals surface area contributed by atoms with Crippen molar-refractivity contribution in [1.29, 1.82) is 0 Å². The predicted octanol–water partition coefficient (Wildman–Crippen LogP) is 2.19. The van der Waals surface area contributed by atoms with Crippen molar-refractivity contribution in [3.05, 3.63) is 0 Å². The summed E-state index contributed by atoms with van der Waals surface area (Å²) < 4.78 is 0. The molecule has 0 aromatic heterocycles. The first kappa shape index (κ1) is 11.6. The molecule has 0 radical (unpaired) electrons. The zero-order valence-electron chi connectivity index (χ0n) is 10.5. The Kier molecular flexibility index (Phi) is 3.17. The molecular weight excluding hydrogens is 214 g/mol. The molecule has 2 atom stereocenters. The summed E-state index contributed by atoms with van der Waals surface area (Å²) in [5.74, 6) is 0.608. The quantitative estimate of drug-likeness (QED) is 0.818. The van der Waals surface area contributed by atoms with Crippen LogP contribution in [0.4, 0.5) is 0 Å². The summed E-state index contributed by atoms with van der Waals surface area (Å²) in [6.07, 6.45) is 8.77. The maximum Gasteiger partial charge on any atom is 0.194 e. The van der Waals surface area contributed by atoms with E-state index in [9.17, 15) is 5.11 Å². The van der Waals surface area contributed by atoms with Crippen molar-refractivity contribution in [1.82, 2.24) is 4.90 Å². The van der Waals surface area contributed by atoms with Gasteiger partial charge in [-0.2, -0.15) is 10.2 Å². The molecule has 4 heteroatoms. The fourth-order valence-electron chi connectivity index (χ4n) is 3.58. The molecule has 1 saturated carbocycles. The van der Waals surface area contributed by atoms with E-state index in [1.165, 1.54) is 32.1 Å². The molecule has 1 aliphatic carbocycles. The van der Waals surface area contributed by atoms with Crippen molar-refractivity contribution in [2.24, 2.45) is 16.1 Å². The minimum Gasteiger partial charge on any atom is -0.395 e. The van der Waals surface area contributed by atoms with Gasteiger partial charge in [0.05, 0.1) is 6.61 Å². The van der Waals surface area contributed by atoms with Gasteiger partial charge in [-0.1, -0.05) is 12.8 Å². The second-order valence-corrected chi connectivity index (χ2v) is 5.85. The predicted molar refractivity (Wildman–Crippen MR) is 65.8 cm³/mol. The largest absolute Gasteiger partial charge is 0.395 e. The molecule has 1 saturated heterocycles. The van der Waals surface area contributed by atoms with Gasteiger partial charge < -0.3 is 5.11 Å². The zero-order chi connectivity index (χ0) is 11.7. The lowest BCUT2D eigenvalue weighted by molar-refractivity contribution is 0.128. The number of likely N-dealkylation sites (tertiary alicyclic amines) is 1. The summed E-state index contributed by atoms with van der Waals surface area (Å²) in [7, 11) is 0. The molecular formula is C13H23N3O. The van der Waals surface area contributed by atoms with E-state index in [0.717, 1.165) is 25.9 Å². The molecule has 3 rings (SSSR count). The van der Waals surface area contributed by atoms with Crippen LogP contribution in [0.1, 0.15) is 44.9 Å². The van der Waals surface area contributed by atoms with E-state index < -0.39 is 0 Å². The molecule has 1 N–H and O–H groups in total. The average Bonchev–Trinajstić information content (AvgIpc) is 3.04. The molecule has 2 unspecified atom stereocenters. The molecule has 17 heavy (non-hydrogen) atoms. The van der Waals surface area contributed by atoms with Crippen LogP contribution < -0.4 is 0 Å². The van der Waals surface area contributed by atoms with E-state index in [-0.39, 0.29) is 5.66 Å². The van der Waals surface area contributed by atoms with Gasteiger partial charge in [-0.25, -0.2) is 0 Å². The fourth-order valence-corrected chi connectivity index (χ4v) is 3.58. The Morgan fingerprint density at radius 1 is 1.12 bits per heavy atom. The highest BCUT2D eigenvalue weighted by Gasteiger charge is 2.49. The smallest absolute Gasteiger partial charge is 0.194 e. The van der Waals surface area contributed by atoms with E-state index in [1.54, 1.807) is 0 Å². The lowest BCUT2D eigenvalue weighted by Gasteiger charge is -2.29. The number of aliphatic hydroxyl groups excluding tert-OH is 1. The molecule has 2 fully saturated rings. The van der Waals surface area contributed by atoms with Gasteiger partial charge in [-0.3, -0.25) is 4.90 Å². The minimum atomic E-state index is -0.000897. The van der Waals surface area contributed by atoms with Gasteiger partial charge in [-0.15, -0.1) is 0 Å². The molecule has 1 spiro atoms. The Hall–Kier alpha value is -0.480. The Labute approximate surface area is 103 Å². The van der Waals surface area contributed by atoms with Crippen molar-refractivity contribution in [3.63, 3.8) is 0 Å². The van der Waals surface area contributed by atoms with Gasteiger partial charge in [0, 0.05) is 18.5 Å². The zero-order valence-corrected chi connectivity index (χ0v) is 10.5. The van der Waals surface area contributed by atoms with Crippen molar-refractivity contribution in [3.8, 4) is 0 Å². The van der Waals surface area contributed by atoms with Crippen LogP contribution in [0, 0.1) is 5.92 Å². The first-order chi connectivity index (χ1) is 8.34. The van der Waals surface area contributed by atoms with Gasteiger partial charge >= 0.3 is 0 Å². The van der Waals surface area contributed by atoms with Gasteiger partial charge in [0.2, 0.25) is 0 Å². The van der Waals surface area contributed by atoms with Gasteiger partial charge in [0.25, 0.3) is 0 Å². The molecule has 2 heterocycles. The number of aliphatic hydroxyl groups is 1. The standard InChI is InChI=1S/C13H23N3O/c17-10-12-6-4-8-16(12)9-11-5-2-1-3-7-13(11)14-15-13/h11-12,17H,1-10H2. The van der Waals surface area contributed by atoms with Crippen LogP contribution >= 0.6 is 0 Å². The Morgan fingerprint density at radius 3 is 2.76 bits per heavy atom. The van der Waals surface area contributed by atoms with E-state index in [2.05, 4.69) is 15.1 Å². The molecule has 0 aromatic rings. The second kappa shape index (κ2) is 4.65. The summed E-state index contributed by atoms with van der Waals surface area (Å²) in [5.41, 5.74) is -0.000897. The van der Waals surface area contributed by atoms with Crippen LogP contribution in [0.2, 0.25) is 0 Å². The maximum atomic E-state index is 9.38. The lowest BCUT2D eigenvalue weighted by Crippen LogP contribution is -2.40. The highest BCUT2D eigenvalue weighted by atomic mass is 16.3. The van der Waals surface area contributed by atoms with Gasteiger partial charge in [-0.05, 0) is 38.6 Å². The number of rotatable bonds is 3. The summed E-state index contributed by atoms with van der Waals surface area (Å²) in [6, 6.07) is 0.397. The first-order valence-corrected chi connectivity index (χ1v) is 7.13. The molecule has 0 bridgehead atoms. The third-order valence-corrected chi connectivity index (χ3v) is 4.77. The monoisotopic (exact) mass is 237 g/mol. The Balaban J connectivity index is 1.62. The molecule has 96 valence electrons. The van der Waals surface area contributed by atoms with Crippen molar-refractivity contribution in [2.45, 2.75) is 56.7 Å². The second-order valence-electron chi connectivity index (χ2n) is 5.85. The number of hydrogen-bond acceptors (Lipinski definition) is 4. The number of hydrogen-bond donors (Lipinski definition) is 1. The molecule has 0 amide bonds. The third kappa shape index (κ3) is 2.25. The SMILES string of the molecule is OCC1CCCN1CC1CCCCCC12N=N2. The topological polar surface area (TPSA) is 48.2 Å². The van der Waals surface area contributed by atoms with Crippen LogP contribution in [-0.4, -0.2) is 41.4 Å². The van der Waals surface area contributed by atoms with Crippen LogP contribution in [0.5, 0.6) is 0 Å². The molecule has 2 aliphatic heterocycles. The summed E-state index contributed by atoms with van der Waals surface area (Å²) >= 11 is 0. The Morgan fingerprint density at radius 2 is 2.00 bits per heavy atom. The van der Waals surface area contributed by atoms with Crippen LogP contribution in [0.25, 0.3) is 0 Å². The molecule has 0 aromatic carbocycles.